The number of nitrogens with zero attached hydrogens (tertiary/aromatic N) is 1. The number of ether oxygens (including phenoxy) is 1. The summed E-state index contributed by atoms with van der Waals surface area (Å²) in [6, 6.07) is 16.5. The summed E-state index contributed by atoms with van der Waals surface area (Å²) in [5.41, 5.74) is 2.11. The SMILES string of the molecule is COc1ccc(C(=O)NCCCC(=O)Nc2cnc3ccccc3c2)cc1. The number of aromatic nitrogens is 1. The number of methoxy groups -OCH3 is 1. The molecular formula is C21H21N3O3. The number of pyridine rings is 1. The molecule has 0 fully saturated rings. The molecule has 3 aromatic rings. The highest BCUT2D eigenvalue weighted by molar-refractivity contribution is 5.94. The fraction of sp³-hybridized carbons (Fsp3) is 0.190. The first-order valence-corrected chi connectivity index (χ1v) is 8.72. The highest BCUT2D eigenvalue weighted by Gasteiger charge is 2.07. The quantitative estimate of drug-likeness (QED) is 0.631. The Morgan fingerprint density at radius 3 is 2.63 bits per heavy atom. The lowest BCUT2D eigenvalue weighted by Gasteiger charge is -2.08. The topological polar surface area (TPSA) is 80.3 Å². The van der Waals surface area contributed by atoms with Gasteiger partial charge in [-0.15, -0.1) is 0 Å². The molecule has 0 saturated heterocycles. The van der Waals surface area contributed by atoms with E-state index in [4.69, 9.17) is 4.74 Å². The Morgan fingerprint density at radius 1 is 1.07 bits per heavy atom. The van der Waals surface area contributed by atoms with E-state index < -0.39 is 0 Å². The Balaban J connectivity index is 1.42. The van der Waals surface area contributed by atoms with Crippen LogP contribution in [0.1, 0.15) is 23.2 Å². The van der Waals surface area contributed by atoms with Crippen molar-refractivity contribution in [3.05, 3.63) is 66.4 Å². The summed E-state index contributed by atoms with van der Waals surface area (Å²) in [6.45, 7) is 0.425. The van der Waals surface area contributed by atoms with Crippen LogP contribution < -0.4 is 15.4 Å². The standard InChI is InChI=1S/C21H21N3O3/c1-27-18-10-8-15(9-11-18)21(26)22-12-4-7-20(25)24-17-13-16-5-2-3-6-19(16)23-14-17/h2-3,5-6,8-11,13-14H,4,7,12H2,1H3,(H,22,26)(H,24,25). The minimum atomic E-state index is -0.170. The minimum Gasteiger partial charge on any atom is -0.497 e. The molecule has 0 bridgehead atoms. The highest BCUT2D eigenvalue weighted by Crippen LogP contribution is 2.16. The Hall–Kier alpha value is -3.41. The molecule has 0 aliphatic heterocycles. The molecule has 6 nitrogen and oxygen atoms in total. The van der Waals surface area contributed by atoms with Crippen molar-refractivity contribution >= 4 is 28.4 Å². The van der Waals surface area contributed by atoms with Crippen molar-refractivity contribution in [3.8, 4) is 5.75 Å². The van der Waals surface area contributed by atoms with Gasteiger partial charge < -0.3 is 15.4 Å². The average molecular weight is 363 g/mol. The molecule has 6 heteroatoms. The smallest absolute Gasteiger partial charge is 0.251 e. The van der Waals surface area contributed by atoms with E-state index in [1.165, 1.54) is 0 Å². The van der Waals surface area contributed by atoms with Crippen molar-refractivity contribution in [3.63, 3.8) is 0 Å². The van der Waals surface area contributed by atoms with Crippen LogP contribution in [0.15, 0.2) is 60.8 Å². The van der Waals surface area contributed by atoms with E-state index in [9.17, 15) is 9.59 Å². The van der Waals surface area contributed by atoms with Crippen LogP contribution in [0, 0.1) is 0 Å². The van der Waals surface area contributed by atoms with Crippen molar-refractivity contribution < 1.29 is 14.3 Å². The molecule has 27 heavy (non-hydrogen) atoms. The zero-order valence-corrected chi connectivity index (χ0v) is 15.1. The van der Waals surface area contributed by atoms with E-state index in [0.29, 0.717) is 36.4 Å². The summed E-state index contributed by atoms with van der Waals surface area (Å²) in [4.78, 5) is 28.4. The Labute approximate surface area is 157 Å². The number of para-hydroxylation sites is 1. The molecule has 2 aromatic carbocycles. The maximum atomic E-state index is 12.1. The maximum absolute atomic E-state index is 12.1. The summed E-state index contributed by atoms with van der Waals surface area (Å²) < 4.78 is 5.07. The van der Waals surface area contributed by atoms with Crippen molar-refractivity contribution in [2.24, 2.45) is 0 Å². The van der Waals surface area contributed by atoms with Gasteiger partial charge in [0, 0.05) is 23.9 Å². The summed E-state index contributed by atoms with van der Waals surface area (Å²) in [7, 11) is 1.58. The van der Waals surface area contributed by atoms with Crippen LogP contribution in [0.4, 0.5) is 5.69 Å². The molecule has 0 aliphatic rings. The number of hydrogen-bond donors (Lipinski definition) is 2. The molecular weight excluding hydrogens is 342 g/mol. The Bertz CT molecular complexity index is 939. The zero-order valence-electron chi connectivity index (χ0n) is 15.1. The number of nitrogens with one attached hydrogen (secondary N) is 2. The van der Waals surface area contributed by atoms with Crippen LogP contribution >= 0.6 is 0 Å². The van der Waals surface area contributed by atoms with Crippen molar-refractivity contribution in [1.82, 2.24) is 10.3 Å². The molecule has 0 saturated carbocycles. The van der Waals surface area contributed by atoms with E-state index in [2.05, 4.69) is 15.6 Å². The molecule has 2 amide bonds. The van der Waals surface area contributed by atoms with Gasteiger partial charge in [0.25, 0.3) is 5.91 Å². The van der Waals surface area contributed by atoms with E-state index in [0.717, 1.165) is 10.9 Å². The van der Waals surface area contributed by atoms with E-state index in [1.807, 2.05) is 30.3 Å². The molecule has 0 unspecified atom stereocenters. The van der Waals surface area contributed by atoms with Crippen LogP contribution in [0.5, 0.6) is 5.75 Å². The van der Waals surface area contributed by atoms with Gasteiger partial charge in [-0.2, -0.15) is 0 Å². The number of amides is 2. The number of benzene rings is 2. The van der Waals surface area contributed by atoms with Crippen molar-refractivity contribution in [2.75, 3.05) is 19.0 Å². The lowest BCUT2D eigenvalue weighted by atomic mass is 10.2. The lowest BCUT2D eigenvalue weighted by molar-refractivity contribution is -0.116. The molecule has 0 spiro atoms. The van der Waals surface area contributed by atoms with Gasteiger partial charge in [-0.1, -0.05) is 18.2 Å². The third-order valence-electron chi connectivity index (χ3n) is 4.09. The van der Waals surface area contributed by atoms with Gasteiger partial charge in [0.05, 0.1) is 24.5 Å². The maximum Gasteiger partial charge on any atom is 0.251 e. The van der Waals surface area contributed by atoms with E-state index >= 15 is 0 Å². The van der Waals surface area contributed by atoms with Crippen molar-refractivity contribution in [2.45, 2.75) is 12.8 Å². The molecule has 0 aliphatic carbocycles. The third kappa shape index (κ3) is 5.04. The second-order valence-corrected chi connectivity index (χ2v) is 6.05. The van der Waals surface area contributed by atoms with Gasteiger partial charge in [-0.3, -0.25) is 14.6 Å². The summed E-state index contributed by atoms with van der Waals surface area (Å²) in [6.07, 6.45) is 2.51. The number of anilines is 1. The second kappa shape index (κ2) is 8.80. The third-order valence-corrected chi connectivity index (χ3v) is 4.09. The van der Waals surface area contributed by atoms with E-state index in [1.54, 1.807) is 37.6 Å². The number of hydrogen-bond acceptors (Lipinski definition) is 4. The fourth-order valence-electron chi connectivity index (χ4n) is 2.66. The van der Waals surface area contributed by atoms with Gasteiger partial charge in [0.15, 0.2) is 0 Å². The van der Waals surface area contributed by atoms with Crippen LogP contribution in [0.25, 0.3) is 10.9 Å². The Kier molecular flexibility index (Phi) is 5.99. The number of carbonyl (C=O) groups excluding carboxylic acids is 2. The molecule has 0 atom stereocenters. The Morgan fingerprint density at radius 2 is 1.85 bits per heavy atom. The predicted octanol–water partition coefficient (Wildman–Crippen LogP) is 3.39. The number of fused-ring (bicyclic) bond motifs is 1. The second-order valence-electron chi connectivity index (χ2n) is 6.05. The molecule has 138 valence electrons. The first-order chi connectivity index (χ1) is 13.2. The predicted molar refractivity (Wildman–Crippen MR) is 105 cm³/mol. The monoisotopic (exact) mass is 363 g/mol. The van der Waals surface area contributed by atoms with Crippen LogP contribution in [-0.2, 0) is 4.79 Å². The normalized spacial score (nSPS) is 10.4. The lowest BCUT2D eigenvalue weighted by Crippen LogP contribution is -2.25. The molecule has 1 aromatic heterocycles. The van der Waals surface area contributed by atoms with Gasteiger partial charge in [0.2, 0.25) is 5.91 Å². The van der Waals surface area contributed by atoms with Gasteiger partial charge >= 0.3 is 0 Å². The van der Waals surface area contributed by atoms with Crippen LogP contribution in [-0.4, -0.2) is 30.5 Å². The van der Waals surface area contributed by atoms with Crippen LogP contribution in [0.3, 0.4) is 0 Å². The van der Waals surface area contributed by atoms with Crippen molar-refractivity contribution in [1.29, 1.82) is 0 Å². The first kappa shape index (κ1) is 18.4. The van der Waals surface area contributed by atoms with Gasteiger partial charge in [0.1, 0.15) is 5.75 Å². The molecule has 2 N–H and O–H groups in total. The highest BCUT2D eigenvalue weighted by atomic mass is 16.5. The summed E-state index contributed by atoms with van der Waals surface area (Å²) >= 11 is 0. The number of rotatable bonds is 7. The van der Waals surface area contributed by atoms with Gasteiger partial charge in [-0.25, -0.2) is 0 Å². The fourth-order valence-corrected chi connectivity index (χ4v) is 2.66. The minimum absolute atomic E-state index is 0.106. The number of carbonyl (C=O) groups is 2. The van der Waals surface area contributed by atoms with E-state index in [-0.39, 0.29) is 11.8 Å². The summed E-state index contributed by atoms with van der Waals surface area (Å²) in [5.74, 6) is 0.425. The average Bonchev–Trinajstić information content (AvgIpc) is 2.71. The largest absolute Gasteiger partial charge is 0.497 e. The first-order valence-electron chi connectivity index (χ1n) is 8.72. The molecule has 3 rings (SSSR count). The van der Waals surface area contributed by atoms with Crippen LogP contribution in [0.2, 0.25) is 0 Å². The zero-order chi connectivity index (χ0) is 19.1. The van der Waals surface area contributed by atoms with Gasteiger partial charge in [-0.05, 0) is 42.8 Å². The molecule has 1 heterocycles. The molecule has 0 radical (unpaired) electrons. The summed E-state index contributed by atoms with van der Waals surface area (Å²) in [5, 5.41) is 6.62.